The van der Waals surface area contributed by atoms with Crippen molar-refractivity contribution in [3.05, 3.63) is 86.7 Å². The summed E-state index contributed by atoms with van der Waals surface area (Å²) in [6, 6.07) is 10.2. The molecular formula is C23H13Cl3F3N3O3. The van der Waals surface area contributed by atoms with Crippen molar-refractivity contribution in [1.29, 1.82) is 0 Å². The first-order chi connectivity index (χ1) is 16.5. The number of alkyl halides is 3. The molecule has 0 radical (unpaired) electrons. The lowest BCUT2D eigenvalue weighted by Gasteiger charge is -2.15. The molecule has 0 saturated carbocycles. The highest BCUT2D eigenvalue weighted by atomic mass is 35.5. The first kappa shape index (κ1) is 24.8. The van der Waals surface area contributed by atoms with Gasteiger partial charge in [-0.15, -0.1) is 0 Å². The van der Waals surface area contributed by atoms with Crippen molar-refractivity contribution in [3.8, 4) is 5.75 Å². The normalized spacial score (nSPS) is 11.6. The number of nitrogens with zero attached hydrogens (tertiary/aromatic N) is 2. The summed E-state index contributed by atoms with van der Waals surface area (Å²) >= 11 is 17.8. The Morgan fingerprint density at radius 1 is 1.03 bits per heavy atom. The predicted octanol–water partition coefficient (Wildman–Crippen LogP) is 6.59. The fraction of sp³-hybridized carbons (Fsp3) is 0.0870. The Bertz CT molecular complexity index is 1490. The van der Waals surface area contributed by atoms with Crippen molar-refractivity contribution in [1.82, 2.24) is 9.55 Å². The number of amides is 1. The molecule has 0 saturated heterocycles. The molecule has 0 unspecified atom stereocenters. The van der Waals surface area contributed by atoms with E-state index in [1.54, 1.807) is 0 Å². The Morgan fingerprint density at radius 3 is 2.43 bits per heavy atom. The maximum absolute atomic E-state index is 14.4. The van der Waals surface area contributed by atoms with Crippen molar-refractivity contribution in [2.24, 2.45) is 0 Å². The molecule has 180 valence electrons. The number of halogens is 6. The molecule has 2 aromatic heterocycles. The zero-order chi connectivity index (χ0) is 25.5. The van der Waals surface area contributed by atoms with Gasteiger partial charge in [-0.05, 0) is 48.0 Å². The topological polar surface area (TPSA) is 84.2 Å². The first-order valence-corrected chi connectivity index (χ1v) is 10.9. The van der Waals surface area contributed by atoms with E-state index in [2.05, 4.69) is 10.3 Å². The van der Waals surface area contributed by atoms with E-state index in [9.17, 15) is 27.9 Å². The number of carbonyl (C=O) groups excluding carboxylic acids is 2. The molecule has 0 bridgehead atoms. The summed E-state index contributed by atoms with van der Waals surface area (Å²) in [7, 11) is 0. The fourth-order valence-corrected chi connectivity index (χ4v) is 4.28. The van der Waals surface area contributed by atoms with Gasteiger partial charge < -0.3 is 15.0 Å². The summed E-state index contributed by atoms with van der Waals surface area (Å²) in [5.41, 5.74) is -1.95. The largest absolute Gasteiger partial charge is 0.508 e. The van der Waals surface area contributed by atoms with Gasteiger partial charge in [0.2, 0.25) is 0 Å². The molecule has 0 spiro atoms. The maximum Gasteiger partial charge on any atom is 0.432 e. The van der Waals surface area contributed by atoms with Crippen LogP contribution < -0.4 is 5.32 Å². The second kappa shape index (κ2) is 9.41. The number of fused-ring (bicyclic) bond motifs is 1. The van der Waals surface area contributed by atoms with Crippen molar-refractivity contribution in [2.45, 2.75) is 12.7 Å². The molecule has 4 rings (SSSR count). The summed E-state index contributed by atoms with van der Waals surface area (Å²) in [4.78, 5) is 29.5. The monoisotopic (exact) mass is 541 g/mol. The molecule has 2 heterocycles. The molecular weight excluding hydrogens is 530 g/mol. The second-order valence-corrected chi connectivity index (χ2v) is 8.63. The minimum absolute atomic E-state index is 0.00703. The Morgan fingerprint density at radius 2 is 1.77 bits per heavy atom. The smallest absolute Gasteiger partial charge is 0.432 e. The van der Waals surface area contributed by atoms with Crippen molar-refractivity contribution >= 4 is 63.1 Å². The highest BCUT2D eigenvalue weighted by Gasteiger charge is 2.42. The van der Waals surface area contributed by atoms with Crippen LogP contribution in [-0.2, 0) is 17.5 Å². The van der Waals surface area contributed by atoms with Crippen LogP contribution in [-0.4, -0.2) is 26.3 Å². The van der Waals surface area contributed by atoms with E-state index in [0.717, 1.165) is 10.6 Å². The number of aromatic nitrogens is 2. The molecule has 12 heteroatoms. The van der Waals surface area contributed by atoms with Gasteiger partial charge in [0.25, 0.3) is 11.7 Å². The van der Waals surface area contributed by atoms with Gasteiger partial charge in [-0.25, -0.2) is 4.98 Å². The van der Waals surface area contributed by atoms with Crippen LogP contribution in [0.25, 0.3) is 10.9 Å². The Hall–Kier alpha value is -3.27. The van der Waals surface area contributed by atoms with Gasteiger partial charge in [-0.2, -0.15) is 13.2 Å². The summed E-state index contributed by atoms with van der Waals surface area (Å²) in [5, 5.41) is 12.3. The van der Waals surface area contributed by atoms with Crippen LogP contribution in [0.4, 0.5) is 18.9 Å². The lowest BCUT2D eigenvalue weighted by Crippen LogP contribution is -2.26. The SMILES string of the molecule is O=C(Nc1ccnc(Cl)c1)C(=O)c1c(C(F)(F)F)n(Cc2ccc(Cl)cc2Cl)c2ccc(O)cc12. The number of pyridine rings is 1. The van der Waals surface area contributed by atoms with Gasteiger partial charge in [0, 0.05) is 39.4 Å². The summed E-state index contributed by atoms with van der Waals surface area (Å²) in [6.45, 7) is -0.388. The number of anilines is 1. The maximum atomic E-state index is 14.4. The third kappa shape index (κ3) is 5.07. The van der Waals surface area contributed by atoms with Gasteiger partial charge in [-0.1, -0.05) is 40.9 Å². The van der Waals surface area contributed by atoms with Gasteiger partial charge in [0.05, 0.1) is 5.56 Å². The van der Waals surface area contributed by atoms with E-state index in [0.29, 0.717) is 10.6 Å². The molecule has 2 aromatic carbocycles. The molecule has 2 N–H and O–H groups in total. The van der Waals surface area contributed by atoms with Crippen LogP contribution in [0.2, 0.25) is 15.2 Å². The van der Waals surface area contributed by atoms with E-state index in [-0.39, 0.29) is 39.1 Å². The molecule has 0 aliphatic heterocycles. The number of aromatic hydroxyl groups is 1. The Labute approximate surface area is 210 Å². The van der Waals surface area contributed by atoms with Crippen LogP contribution in [0.3, 0.4) is 0 Å². The number of phenolic OH excluding ortho intramolecular Hbond substituents is 1. The number of carbonyl (C=O) groups is 2. The van der Waals surface area contributed by atoms with Crippen molar-refractivity contribution in [2.75, 3.05) is 5.32 Å². The van der Waals surface area contributed by atoms with Crippen LogP contribution in [0.15, 0.2) is 54.7 Å². The Balaban J connectivity index is 1.90. The summed E-state index contributed by atoms with van der Waals surface area (Å²) in [5.74, 6) is -3.17. The lowest BCUT2D eigenvalue weighted by molar-refractivity contribution is -0.143. The molecule has 4 aromatic rings. The van der Waals surface area contributed by atoms with Crippen LogP contribution in [0.5, 0.6) is 5.75 Å². The molecule has 6 nitrogen and oxygen atoms in total. The quantitative estimate of drug-likeness (QED) is 0.169. The van der Waals surface area contributed by atoms with Gasteiger partial charge >= 0.3 is 6.18 Å². The van der Waals surface area contributed by atoms with E-state index >= 15 is 0 Å². The second-order valence-electron chi connectivity index (χ2n) is 7.40. The number of nitrogens with one attached hydrogen (secondary N) is 1. The van der Waals surface area contributed by atoms with Crippen molar-refractivity contribution < 1.29 is 27.9 Å². The van der Waals surface area contributed by atoms with E-state index < -0.39 is 29.1 Å². The predicted molar refractivity (Wildman–Crippen MR) is 126 cm³/mol. The average molecular weight is 543 g/mol. The molecule has 1 amide bonds. The number of hydrogen-bond donors (Lipinski definition) is 2. The lowest BCUT2D eigenvalue weighted by atomic mass is 10.0. The molecule has 0 atom stereocenters. The Kier molecular flexibility index (Phi) is 6.68. The van der Waals surface area contributed by atoms with Crippen molar-refractivity contribution in [3.63, 3.8) is 0 Å². The molecule has 0 aliphatic carbocycles. The first-order valence-electron chi connectivity index (χ1n) is 9.79. The van der Waals surface area contributed by atoms with Crippen LogP contribution >= 0.6 is 34.8 Å². The number of ketones is 1. The average Bonchev–Trinajstić information content (AvgIpc) is 3.08. The van der Waals surface area contributed by atoms with Gasteiger partial charge in [0.15, 0.2) is 0 Å². The highest BCUT2D eigenvalue weighted by Crippen LogP contribution is 2.40. The summed E-state index contributed by atoms with van der Waals surface area (Å²) in [6.07, 6.45) is -3.79. The number of benzene rings is 2. The minimum Gasteiger partial charge on any atom is -0.508 e. The number of hydrogen-bond acceptors (Lipinski definition) is 4. The van der Waals surface area contributed by atoms with Gasteiger partial charge in [0.1, 0.15) is 16.6 Å². The molecule has 0 aliphatic rings. The number of Topliss-reactive ketones (excluding diaryl/α,β-unsaturated/α-hetero) is 1. The highest BCUT2D eigenvalue weighted by molar-refractivity contribution is 6.49. The minimum atomic E-state index is -5.04. The summed E-state index contributed by atoms with van der Waals surface area (Å²) < 4.78 is 43.9. The van der Waals surface area contributed by atoms with Crippen LogP contribution in [0.1, 0.15) is 21.6 Å². The third-order valence-electron chi connectivity index (χ3n) is 5.08. The van der Waals surface area contributed by atoms with Gasteiger partial charge in [-0.3, -0.25) is 9.59 Å². The number of phenols is 1. The van der Waals surface area contributed by atoms with E-state index in [1.165, 1.54) is 48.7 Å². The van der Waals surface area contributed by atoms with E-state index in [4.69, 9.17) is 34.8 Å². The molecule has 35 heavy (non-hydrogen) atoms. The molecule has 0 fully saturated rings. The standard InChI is InChI=1S/C23H13Cl3F3N3O3/c24-12-2-1-11(16(25)7-12)10-32-17-4-3-14(33)9-15(17)19(21(32)23(27,28)29)20(34)22(35)31-13-5-6-30-18(26)8-13/h1-9,33H,10H2,(H,30,31,35). The van der Waals surface area contributed by atoms with Crippen LogP contribution in [0, 0.1) is 0 Å². The third-order valence-corrected chi connectivity index (χ3v) is 5.87. The number of rotatable bonds is 5. The zero-order valence-corrected chi connectivity index (χ0v) is 19.6. The van der Waals surface area contributed by atoms with E-state index in [1.807, 2.05) is 0 Å². The fourth-order valence-electron chi connectivity index (χ4n) is 3.63. The zero-order valence-electron chi connectivity index (χ0n) is 17.3.